The number of halogens is 1. The molecule has 4 aromatic rings. The Morgan fingerprint density at radius 1 is 1.23 bits per heavy atom. The van der Waals surface area contributed by atoms with Gasteiger partial charge in [-0.25, -0.2) is 0 Å². The van der Waals surface area contributed by atoms with Crippen molar-refractivity contribution in [2.24, 2.45) is 7.05 Å². The summed E-state index contributed by atoms with van der Waals surface area (Å²) in [5.74, 6) is 2.04. The largest absolute Gasteiger partial charge is 0.484 e. The number of nitrogens with one attached hydrogen (secondary N) is 1. The number of thioether (sulfide) groups is 1. The van der Waals surface area contributed by atoms with Crippen molar-refractivity contribution in [3.05, 3.63) is 71.2 Å². The minimum Gasteiger partial charge on any atom is -0.484 e. The zero-order valence-corrected chi connectivity index (χ0v) is 18.6. The molecule has 1 N–H and O–H groups in total. The molecule has 0 aliphatic rings. The van der Waals surface area contributed by atoms with Crippen LogP contribution in [-0.2, 0) is 18.4 Å². The highest BCUT2D eigenvalue weighted by atomic mass is 35.5. The second kappa shape index (κ2) is 9.45. The average molecular weight is 457 g/mol. The first kappa shape index (κ1) is 21.3. The molecule has 2 aromatic heterocycles. The molecule has 0 bridgehead atoms. The number of benzene rings is 2. The second-order valence-electron chi connectivity index (χ2n) is 6.94. The molecular weight excluding hydrogens is 436 g/mol. The minimum absolute atomic E-state index is 0.116. The molecule has 0 saturated carbocycles. The maximum absolute atomic E-state index is 12.4. The van der Waals surface area contributed by atoms with Crippen molar-refractivity contribution < 1.29 is 13.9 Å². The van der Waals surface area contributed by atoms with Crippen molar-refractivity contribution in [3.8, 4) is 5.75 Å². The molecular formula is C22H21ClN4O3S. The maximum Gasteiger partial charge on any atom is 0.231 e. The van der Waals surface area contributed by atoms with E-state index in [4.69, 9.17) is 20.8 Å². The van der Waals surface area contributed by atoms with Crippen molar-refractivity contribution in [2.75, 3.05) is 5.75 Å². The highest BCUT2D eigenvalue weighted by Gasteiger charge is 2.16. The van der Waals surface area contributed by atoms with Crippen molar-refractivity contribution >= 4 is 40.2 Å². The third-order valence-corrected chi connectivity index (χ3v) is 6.03. The van der Waals surface area contributed by atoms with E-state index >= 15 is 0 Å². The number of amides is 1. The Morgan fingerprint density at radius 2 is 2.00 bits per heavy atom. The van der Waals surface area contributed by atoms with Gasteiger partial charge in [0.25, 0.3) is 0 Å². The predicted octanol–water partition coefficient (Wildman–Crippen LogP) is 4.76. The molecule has 4 rings (SSSR count). The van der Waals surface area contributed by atoms with E-state index in [1.54, 1.807) is 16.7 Å². The van der Waals surface area contributed by atoms with Crippen molar-refractivity contribution in [1.82, 2.24) is 20.1 Å². The van der Waals surface area contributed by atoms with E-state index in [0.29, 0.717) is 21.8 Å². The third-order valence-electron chi connectivity index (χ3n) is 4.70. The molecule has 1 unspecified atom stereocenters. The number of nitrogens with zero attached hydrogens (tertiary/aromatic N) is 3. The fraction of sp³-hybridized carbons (Fsp3) is 0.227. The smallest absolute Gasteiger partial charge is 0.231 e. The van der Waals surface area contributed by atoms with E-state index in [1.165, 1.54) is 11.8 Å². The quantitative estimate of drug-likeness (QED) is 0.385. The number of carbonyl (C=O) groups is 1. The Hall–Kier alpha value is -2.97. The predicted molar refractivity (Wildman–Crippen MR) is 120 cm³/mol. The fourth-order valence-electron chi connectivity index (χ4n) is 3.00. The van der Waals surface area contributed by atoms with Gasteiger partial charge in [-0.1, -0.05) is 53.7 Å². The third kappa shape index (κ3) is 5.03. The van der Waals surface area contributed by atoms with Gasteiger partial charge in [0, 0.05) is 12.4 Å². The molecule has 0 saturated heterocycles. The normalized spacial score (nSPS) is 12.1. The van der Waals surface area contributed by atoms with Crippen LogP contribution in [0.4, 0.5) is 0 Å². The summed E-state index contributed by atoms with van der Waals surface area (Å²) in [6, 6.07) is 16.7. The molecule has 2 heterocycles. The molecule has 31 heavy (non-hydrogen) atoms. The van der Waals surface area contributed by atoms with Crippen LogP contribution < -0.4 is 10.1 Å². The van der Waals surface area contributed by atoms with Crippen LogP contribution in [0.15, 0.2) is 64.2 Å². The van der Waals surface area contributed by atoms with Crippen LogP contribution in [-0.4, -0.2) is 26.4 Å². The van der Waals surface area contributed by atoms with E-state index in [0.717, 1.165) is 16.7 Å². The lowest BCUT2D eigenvalue weighted by atomic mass is 10.2. The molecule has 160 valence electrons. The van der Waals surface area contributed by atoms with Crippen LogP contribution in [0.2, 0.25) is 5.02 Å². The highest BCUT2D eigenvalue weighted by molar-refractivity contribution is 7.99. The lowest BCUT2D eigenvalue weighted by molar-refractivity contribution is -0.119. The summed E-state index contributed by atoms with van der Waals surface area (Å²) in [6.07, 6.45) is 0. The molecule has 0 fully saturated rings. The molecule has 1 atom stereocenters. The number of carbonyl (C=O) groups excluding carboxylic acids is 1. The monoisotopic (exact) mass is 456 g/mol. The van der Waals surface area contributed by atoms with Gasteiger partial charge in [0.15, 0.2) is 11.0 Å². The maximum atomic E-state index is 12.4. The SMILES string of the molecule is CC(NC(=O)CSc1nnc(COc2ccccc2Cl)n1C)c1cc2ccccc2o1. The van der Waals surface area contributed by atoms with Crippen LogP contribution in [0.3, 0.4) is 0 Å². The van der Waals surface area contributed by atoms with Gasteiger partial charge in [0.1, 0.15) is 23.7 Å². The highest BCUT2D eigenvalue weighted by Crippen LogP contribution is 2.25. The molecule has 9 heteroatoms. The summed E-state index contributed by atoms with van der Waals surface area (Å²) in [6.45, 7) is 2.12. The summed E-state index contributed by atoms with van der Waals surface area (Å²) in [4.78, 5) is 12.4. The topological polar surface area (TPSA) is 82.2 Å². The van der Waals surface area contributed by atoms with E-state index < -0.39 is 0 Å². The number of rotatable bonds is 8. The van der Waals surface area contributed by atoms with Crippen LogP contribution in [0, 0.1) is 0 Å². The molecule has 0 aliphatic heterocycles. The van der Waals surface area contributed by atoms with Gasteiger partial charge in [-0.15, -0.1) is 10.2 Å². The Labute approximate surface area is 188 Å². The Bertz CT molecular complexity index is 1170. The number of fused-ring (bicyclic) bond motifs is 1. The van der Waals surface area contributed by atoms with Gasteiger partial charge in [-0.3, -0.25) is 4.79 Å². The number of ether oxygens (including phenoxy) is 1. The van der Waals surface area contributed by atoms with Gasteiger partial charge in [0.2, 0.25) is 5.91 Å². The molecule has 1 amide bonds. The molecule has 7 nitrogen and oxygen atoms in total. The van der Waals surface area contributed by atoms with E-state index in [9.17, 15) is 4.79 Å². The zero-order valence-electron chi connectivity index (χ0n) is 17.0. The number of para-hydroxylation sites is 2. The first-order valence-electron chi connectivity index (χ1n) is 9.67. The fourth-order valence-corrected chi connectivity index (χ4v) is 3.93. The van der Waals surface area contributed by atoms with Crippen molar-refractivity contribution in [1.29, 1.82) is 0 Å². The van der Waals surface area contributed by atoms with E-state index in [-0.39, 0.29) is 24.3 Å². The first-order chi connectivity index (χ1) is 15.0. The zero-order chi connectivity index (χ0) is 21.8. The van der Waals surface area contributed by atoms with Gasteiger partial charge < -0.3 is 19.0 Å². The summed E-state index contributed by atoms with van der Waals surface area (Å²) < 4.78 is 13.3. The van der Waals surface area contributed by atoms with Crippen LogP contribution in [0.1, 0.15) is 24.6 Å². The number of furan rings is 1. The van der Waals surface area contributed by atoms with Gasteiger partial charge in [-0.05, 0) is 31.2 Å². The van der Waals surface area contributed by atoms with Gasteiger partial charge in [0.05, 0.1) is 16.8 Å². The standard InChI is InChI=1S/C22H21ClN4O3S/c1-14(19-11-15-7-3-5-9-17(15)30-19)24-21(28)13-31-22-26-25-20(27(22)2)12-29-18-10-6-4-8-16(18)23/h3-11,14H,12-13H2,1-2H3,(H,24,28). The first-order valence-corrected chi connectivity index (χ1v) is 11.0. The van der Waals surface area contributed by atoms with E-state index in [2.05, 4.69) is 15.5 Å². The Balaban J connectivity index is 1.30. The van der Waals surface area contributed by atoms with E-state index in [1.807, 2.05) is 56.4 Å². The summed E-state index contributed by atoms with van der Waals surface area (Å²) in [5, 5.41) is 13.4. The van der Waals surface area contributed by atoms with Crippen molar-refractivity contribution in [2.45, 2.75) is 24.7 Å². The van der Waals surface area contributed by atoms with Gasteiger partial charge in [-0.2, -0.15) is 0 Å². The van der Waals surface area contributed by atoms with Crippen LogP contribution >= 0.6 is 23.4 Å². The Kier molecular flexibility index (Phi) is 6.48. The number of hydrogen-bond donors (Lipinski definition) is 1. The summed E-state index contributed by atoms with van der Waals surface area (Å²) in [7, 11) is 1.84. The van der Waals surface area contributed by atoms with Crippen molar-refractivity contribution in [3.63, 3.8) is 0 Å². The van der Waals surface area contributed by atoms with Crippen LogP contribution in [0.25, 0.3) is 11.0 Å². The molecule has 0 aliphatic carbocycles. The minimum atomic E-state index is -0.237. The van der Waals surface area contributed by atoms with Gasteiger partial charge >= 0.3 is 0 Å². The number of aromatic nitrogens is 3. The average Bonchev–Trinajstić information content (AvgIpc) is 3.35. The lowest BCUT2D eigenvalue weighted by Gasteiger charge is -2.11. The Morgan fingerprint density at radius 3 is 2.81 bits per heavy atom. The lowest BCUT2D eigenvalue weighted by Crippen LogP contribution is -2.28. The summed E-state index contributed by atoms with van der Waals surface area (Å²) >= 11 is 7.41. The second-order valence-corrected chi connectivity index (χ2v) is 8.29. The molecule has 0 spiro atoms. The summed E-state index contributed by atoms with van der Waals surface area (Å²) in [5.41, 5.74) is 0.804. The molecule has 2 aromatic carbocycles. The van der Waals surface area contributed by atoms with Crippen LogP contribution in [0.5, 0.6) is 5.75 Å². The molecule has 0 radical (unpaired) electrons. The number of hydrogen-bond acceptors (Lipinski definition) is 6.